The molecule has 2 nitrogen and oxygen atoms in total. The maximum Gasteiger partial charge on any atom is 0.108 e. The number of thiophene rings is 1. The number of nitrogens with zero attached hydrogens (tertiary/aromatic N) is 2. The normalized spacial score (nSPS) is 12.4. The first-order chi connectivity index (χ1) is 19.3. The average molecular weight is 517 g/mol. The summed E-state index contributed by atoms with van der Waals surface area (Å²) in [5.74, 6) is 0. The van der Waals surface area contributed by atoms with Gasteiger partial charge in [0.15, 0.2) is 0 Å². The third-order valence-electron chi connectivity index (χ3n) is 6.89. The molecule has 3 heteroatoms. The second-order valence-corrected chi connectivity index (χ2v) is 10.6. The number of hydrogen-bond acceptors (Lipinski definition) is 3. The molecule has 0 spiro atoms. The predicted octanol–water partition coefficient (Wildman–Crippen LogP) is 7.84. The Kier molecular flexibility index (Phi) is 6.04. The van der Waals surface area contributed by atoms with Crippen LogP contribution in [0.2, 0.25) is 0 Å². The van der Waals surface area contributed by atoms with Crippen LogP contribution in [-0.4, -0.2) is 9.97 Å². The summed E-state index contributed by atoms with van der Waals surface area (Å²) >= 11 is 1.74. The van der Waals surface area contributed by atoms with Crippen LogP contribution in [0.5, 0.6) is 0 Å². The van der Waals surface area contributed by atoms with E-state index in [9.17, 15) is 0 Å². The van der Waals surface area contributed by atoms with Crippen molar-refractivity contribution in [2.24, 2.45) is 0 Å². The van der Waals surface area contributed by atoms with E-state index in [4.69, 9.17) is 9.97 Å². The van der Waals surface area contributed by atoms with Gasteiger partial charge in [-0.15, -0.1) is 11.3 Å². The summed E-state index contributed by atoms with van der Waals surface area (Å²) in [7, 11) is 0. The minimum absolute atomic E-state index is 0.913. The van der Waals surface area contributed by atoms with Crippen molar-refractivity contribution in [2.75, 3.05) is 0 Å². The second kappa shape index (κ2) is 10.1. The van der Waals surface area contributed by atoms with Gasteiger partial charge < -0.3 is 0 Å². The molecule has 0 radical (unpaired) electrons. The Morgan fingerprint density at radius 3 is 1.15 bits per heavy atom. The van der Waals surface area contributed by atoms with E-state index in [-0.39, 0.29) is 0 Å². The van der Waals surface area contributed by atoms with Crippen LogP contribution in [0.25, 0.3) is 56.5 Å². The Labute approximate surface area is 230 Å². The summed E-state index contributed by atoms with van der Waals surface area (Å²) < 4.78 is 2.23. The highest BCUT2D eigenvalue weighted by molar-refractivity contribution is 7.09. The van der Waals surface area contributed by atoms with E-state index in [1.807, 2.05) is 36.4 Å². The van der Waals surface area contributed by atoms with Gasteiger partial charge in [0.05, 0.1) is 20.1 Å². The zero-order chi connectivity index (χ0) is 26.0. The monoisotopic (exact) mass is 516 g/mol. The van der Waals surface area contributed by atoms with Gasteiger partial charge in [0.1, 0.15) is 11.0 Å². The lowest BCUT2D eigenvalue weighted by atomic mass is 10.0. The number of rotatable bonds is 4. The van der Waals surface area contributed by atoms with E-state index in [0.29, 0.717) is 0 Å². The Hall–Kier alpha value is -4.86. The molecular formula is C36H24N2S. The van der Waals surface area contributed by atoms with Crippen LogP contribution >= 0.6 is 11.3 Å². The molecular weight excluding hydrogens is 492 g/mol. The smallest absolute Gasteiger partial charge is 0.108 e. The third kappa shape index (κ3) is 4.76. The number of fused-ring (bicyclic) bond motifs is 2. The van der Waals surface area contributed by atoms with Crippen molar-refractivity contribution in [1.82, 2.24) is 9.97 Å². The van der Waals surface area contributed by atoms with Gasteiger partial charge in [-0.05, 0) is 57.7 Å². The lowest BCUT2D eigenvalue weighted by molar-refractivity contribution is 1.40. The summed E-state index contributed by atoms with van der Waals surface area (Å²) in [5, 5.41) is 0. The topological polar surface area (TPSA) is 25.8 Å². The molecule has 0 saturated heterocycles. The number of aromatic nitrogens is 2. The van der Waals surface area contributed by atoms with Crippen molar-refractivity contribution < 1.29 is 0 Å². The van der Waals surface area contributed by atoms with Gasteiger partial charge >= 0.3 is 0 Å². The molecule has 0 unspecified atom stereocenters. The van der Waals surface area contributed by atoms with Crippen molar-refractivity contribution >= 4 is 45.6 Å². The summed E-state index contributed by atoms with van der Waals surface area (Å²) in [6, 6.07) is 46.5. The number of para-hydroxylation sites is 2. The quantitative estimate of drug-likeness (QED) is 0.238. The Morgan fingerprint density at radius 1 is 0.385 bits per heavy atom. The zero-order valence-corrected chi connectivity index (χ0v) is 22.0. The number of hydrogen-bond donors (Lipinski definition) is 0. The molecule has 0 fully saturated rings. The fourth-order valence-electron chi connectivity index (χ4n) is 4.86. The number of benzene rings is 5. The fourth-order valence-corrected chi connectivity index (χ4v) is 5.97. The SMILES string of the molecule is C(c1ccc(-c2ccccc2)cc1)=c1sc(=Cc2ccc(-c3ccccc3)cc2)c2nc3ccccc3nc12. The standard InChI is InChI=1S/C36H24N2S/c1-3-9-27(10-4-1)29-19-15-25(16-20-29)23-33-35-36(38-32-14-8-7-13-31(32)37-35)34(39-33)24-26-17-21-30(22-18-26)28-11-5-2-6-12-28/h1-24H. The molecule has 0 aliphatic heterocycles. The maximum atomic E-state index is 5.05. The van der Waals surface area contributed by atoms with Gasteiger partial charge in [-0.1, -0.05) is 121 Å². The Bertz CT molecular complexity index is 1880. The molecule has 7 aromatic rings. The molecule has 5 aromatic carbocycles. The maximum absolute atomic E-state index is 5.05. The summed E-state index contributed by atoms with van der Waals surface area (Å²) in [4.78, 5) is 10.1. The minimum atomic E-state index is 0.913. The summed E-state index contributed by atoms with van der Waals surface area (Å²) in [5.41, 5.74) is 10.9. The van der Waals surface area contributed by atoms with Crippen LogP contribution in [-0.2, 0) is 0 Å². The first-order valence-corrected chi connectivity index (χ1v) is 13.8. The molecule has 0 saturated carbocycles. The lowest BCUT2D eigenvalue weighted by Gasteiger charge is -2.01. The molecule has 2 heterocycles. The van der Waals surface area contributed by atoms with Gasteiger partial charge in [0, 0.05) is 0 Å². The zero-order valence-electron chi connectivity index (χ0n) is 21.2. The molecule has 0 atom stereocenters. The van der Waals surface area contributed by atoms with Gasteiger partial charge in [-0.3, -0.25) is 0 Å². The fraction of sp³-hybridized carbons (Fsp3) is 0. The van der Waals surface area contributed by atoms with Crippen LogP contribution < -0.4 is 9.06 Å². The first kappa shape index (κ1) is 23.3. The van der Waals surface area contributed by atoms with Gasteiger partial charge in [0.25, 0.3) is 0 Å². The highest BCUT2D eigenvalue weighted by atomic mass is 32.1. The van der Waals surface area contributed by atoms with Gasteiger partial charge in [-0.25, -0.2) is 9.97 Å². The van der Waals surface area contributed by atoms with E-state index in [2.05, 4.69) is 109 Å². The van der Waals surface area contributed by atoms with Crippen molar-refractivity contribution in [3.05, 3.63) is 154 Å². The lowest BCUT2D eigenvalue weighted by Crippen LogP contribution is -1.98. The van der Waals surface area contributed by atoms with Crippen LogP contribution in [0.15, 0.2) is 133 Å². The van der Waals surface area contributed by atoms with Crippen LogP contribution in [0.1, 0.15) is 11.1 Å². The highest BCUT2D eigenvalue weighted by Gasteiger charge is 2.08. The van der Waals surface area contributed by atoms with E-state index in [1.165, 1.54) is 22.3 Å². The van der Waals surface area contributed by atoms with E-state index < -0.39 is 0 Å². The molecule has 0 aliphatic rings. The predicted molar refractivity (Wildman–Crippen MR) is 165 cm³/mol. The van der Waals surface area contributed by atoms with Crippen LogP contribution in [0.4, 0.5) is 0 Å². The van der Waals surface area contributed by atoms with Crippen molar-refractivity contribution in [3.8, 4) is 22.3 Å². The molecule has 7 rings (SSSR count). The van der Waals surface area contributed by atoms with E-state index in [1.54, 1.807) is 11.3 Å². The first-order valence-electron chi connectivity index (χ1n) is 13.0. The molecule has 39 heavy (non-hydrogen) atoms. The van der Waals surface area contributed by atoms with E-state index >= 15 is 0 Å². The molecule has 184 valence electrons. The van der Waals surface area contributed by atoms with Crippen molar-refractivity contribution in [1.29, 1.82) is 0 Å². The Balaban J connectivity index is 1.35. The van der Waals surface area contributed by atoms with Crippen LogP contribution in [0.3, 0.4) is 0 Å². The molecule has 0 aliphatic carbocycles. The molecule has 0 bridgehead atoms. The summed E-state index contributed by atoms with van der Waals surface area (Å²) in [6.45, 7) is 0. The minimum Gasteiger partial charge on any atom is -0.243 e. The molecule has 0 N–H and O–H groups in total. The molecule has 0 amide bonds. The summed E-state index contributed by atoms with van der Waals surface area (Å²) in [6.07, 6.45) is 4.45. The Morgan fingerprint density at radius 2 is 0.744 bits per heavy atom. The van der Waals surface area contributed by atoms with Crippen molar-refractivity contribution in [3.63, 3.8) is 0 Å². The van der Waals surface area contributed by atoms with E-state index in [0.717, 1.165) is 42.3 Å². The molecule has 2 aromatic heterocycles. The third-order valence-corrected chi connectivity index (χ3v) is 7.95. The highest BCUT2D eigenvalue weighted by Crippen LogP contribution is 2.21. The van der Waals surface area contributed by atoms with Crippen molar-refractivity contribution in [2.45, 2.75) is 0 Å². The van der Waals surface area contributed by atoms with Gasteiger partial charge in [-0.2, -0.15) is 0 Å². The second-order valence-electron chi connectivity index (χ2n) is 9.50. The van der Waals surface area contributed by atoms with Gasteiger partial charge in [0.2, 0.25) is 0 Å². The van der Waals surface area contributed by atoms with Crippen LogP contribution in [0, 0.1) is 0 Å². The largest absolute Gasteiger partial charge is 0.243 e. The average Bonchev–Trinajstić information content (AvgIpc) is 3.33.